The highest BCUT2D eigenvalue weighted by Gasteiger charge is 2.22. The van der Waals surface area contributed by atoms with Gasteiger partial charge in [0.2, 0.25) is 0 Å². The monoisotopic (exact) mass is 330 g/mol. The van der Waals surface area contributed by atoms with Crippen LogP contribution < -0.4 is 0 Å². The third-order valence-electron chi connectivity index (χ3n) is 3.48. The number of thioether (sulfide) groups is 1. The van der Waals surface area contributed by atoms with Crippen molar-refractivity contribution in [3.63, 3.8) is 0 Å². The summed E-state index contributed by atoms with van der Waals surface area (Å²) in [5.41, 5.74) is 5.95. The maximum atomic E-state index is 4.86. The minimum atomic E-state index is 0.976. The number of aromatic nitrogens is 2. The molecule has 3 heterocycles. The first-order valence-electron chi connectivity index (χ1n) is 6.13. The lowest BCUT2D eigenvalue weighted by Crippen LogP contribution is -1.98. The molecule has 4 heteroatoms. The maximum absolute atomic E-state index is 4.86. The Morgan fingerprint density at radius 3 is 3.05 bits per heavy atom. The molecule has 0 bridgehead atoms. The molecule has 1 aliphatic rings. The highest BCUT2D eigenvalue weighted by atomic mass is 79.9. The smallest absolute Gasteiger partial charge is 0.140 e. The van der Waals surface area contributed by atoms with Crippen LogP contribution in [0.4, 0.5) is 0 Å². The standard InChI is InChI=1S/C15H11BrN2S/c1-9-6-10(16)7-18-12-8-19-13-5-3-2-4-11(13)14(12)17-15(9)18/h2-7H,8H2,1H3. The molecule has 3 aromatic rings. The molecule has 0 atom stereocenters. The summed E-state index contributed by atoms with van der Waals surface area (Å²) < 4.78 is 3.32. The van der Waals surface area contributed by atoms with Gasteiger partial charge < -0.3 is 4.40 Å². The van der Waals surface area contributed by atoms with E-state index in [1.54, 1.807) is 0 Å². The molecule has 0 N–H and O–H groups in total. The van der Waals surface area contributed by atoms with Crippen LogP contribution in [0.5, 0.6) is 0 Å². The van der Waals surface area contributed by atoms with E-state index in [0.717, 1.165) is 21.6 Å². The van der Waals surface area contributed by atoms with Crippen molar-refractivity contribution in [2.24, 2.45) is 0 Å². The van der Waals surface area contributed by atoms with Gasteiger partial charge in [0.15, 0.2) is 0 Å². The molecule has 2 nitrogen and oxygen atoms in total. The average Bonchev–Trinajstić information content (AvgIpc) is 2.78. The van der Waals surface area contributed by atoms with Crippen molar-refractivity contribution in [3.05, 3.63) is 52.3 Å². The van der Waals surface area contributed by atoms with Crippen molar-refractivity contribution in [1.82, 2.24) is 9.38 Å². The van der Waals surface area contributed by atoms with E-state index in [1.165, 1.54) is 21.7 Å². The van der Waals surface area contributed by atoms with Crippen LogP contribution in [0.2, 0.25) is 0 Å². The molecule has 19 heavy (non-hydrogen) atoms. The zero-order valence-electron chi connectivity index (χ0n) is 10.4. The fourth-order valence-electron chi connectivity index (χ4n) is 2.60. The second kappa shape index (κ2) is 4.12. The quantitative estimate of drug-likeness (QED) is 0.595. The second-order valence-electron chi connectivity index (χ2n) is 4.73. The van der Waals surface area contributed by atoms with E-state index in [4.69, 9.17) is 4.98 Å². The van der Waals surface area contributed by atoms with Crippen molar-refractivity contribution in [2.75, 3.05) is 0 Å². The third-order valence-corrected chi connectivity index (χ3v) is 4.99. The van der Waals surface area contributed by atoms with Crippen LogP contribution in [-0.4, -0.2) is 9.38 Å². The Hall–Kier alpha value is -1.26. The fraction of sp³-hybridized carbons (Fsp3) is 0.133. The Kier molecular flexibility index (Phi) is 2.50. The lowest BCUT2D eigenvalue weighted by Gasteiger charge is -2.14. The number of rotatable bonds is 0. The topological polar surface area (TPSA) is 17.3 Å². The molecule has 0 radical (unpaired) electrons. The minimum absolute atomic E-state index is 0.976. The second-order valence-corrected chi connectivity index (χ2v) is 6.66. The SMILES string of the molecule is Cc1cc(Br)cn2c3c(nc12)-c1ccccc1SC3. The number of benzene rings is 1. The van der Waals surface area contributed by atoms with Gasteiger partial charge in [-0.3, -0.25) is 0 Å². The van der Waals surface area contributed by atoms with Crippen molar-refractivity contribution >= 4 is 33.3 Å². The molecular weight excluding hydrogens is 320 g/mol. The van der Waals surface area contributed by atoms with Crippen molar-refractivity contribution in [1.29, 1.82) is 0 Å². The lowest BCUT2D eigenvalue weighted by molar-refractivity contribution is 1.07. The van der Waals surface area contributed by atoms with Gasteiger partial charge in [-0.25, -0.2) is 4.98 Å². The maximum Gasteiger partial charge on any atom is 0.140 e. The summed E-state index contributed by atoms with van der Waals surface area (Å²) in [5.74, 6) is 0.976. The minimum Gasteiger partial charge on any atom is -0.301 e. The van der Waals surface area contributed by atoms with Gasteiger partial charge in [0, 0.05) is 26.9 Å². The number of halogens is 1. The van der Waals surface area contributed by atoms with Crippen LogP contribution in [-0.2, 0) is 5.75 Å². The molecule has 0 amide bonds. The van der Waals surface area contributed by atoms with Crippen LogP contribution in [0.1, 0.15) is 11.3 Å². The Balaban J connectivity index is 2.11. The van der Waals surface area contributed by atoms with Gasteiger partial charge in [-0.05, 0) is 40.5 Å². The highest BCUT2D eigenvalue weighted by Crippen LogP contribution is 2.41. The largest absolute Gasteiger partial charge is 0.301 e. The van der Waals surface area contributed by atoms with E-state index >= 15 is 0 Å². The first-order chi connectivity index (χ1) is 9.24. The Labute approximate surface area is 124 Å². The number of hydrogen-bond acceptors (Lipinski definition) is 2. The van der Waals surface area contributed by atoms with Crippen LogP contribution in [0, 0.1) is 6.92 Å². The molecule has 0 fully saturated rings. The molecule has 0 saturated heterocycles. The molecule has 4 rings (SSSR count). The zero-order valence-corrected chi connectivity index (χ0v) is 12.8. The normalized spacial score (nSPS) is 13.4. The highest BCUT2D eigenvalue weighted by molar-refractivity contribution is 9.10. The van der Waals surface area contributed by atoms with Gasteiger partial charge in [0.25, 0.3) is 0 Å². The molecule has 0 saturated carbocycles. The molecule has 0 unspecified atom stereocenters. The van der Waals surface area contributed by atoms with E-state index in [0.29, 0.717) is 0 Å². The van der Waals surface area contributed by atoms with Gasteiger partial charge in [-0.2, -0.15) is 0 Å². The summed E-state index contributed by atoms with van der Waals surface area (Å²) in [6.45, 7) is 2.11. The van der Waals surface area contributed by atoms with E-state index in [1.807, 2.05) is 11.8 Å². The summed E-state index contributed by atoms with van der Waals surface area (Å²) in [5, 5.41) is 0. The summed E-state index contributed by atoms with van der Waals surface area (Å²) in [4.78, 5) is 6.19. The molecule has 0 spiro atoms. The van der Waals surface area contributed by atoms with Crippen molar-refractivity contribution in [2.45, 2.75) is 17.6 Å². The Bertz CT molecular complexity index is 807. The molecule has 2 aromatic heterocycles. The number of fused-ring (bicyclic) bond motifs is 5. The third kappa shape index (κ3) is 1.66. The number of imidazole rings is 1. The van der Waals surface area contributed by atoms with Crippen LogP contribution in [0.15, 0.2) is 45.9 Å². The first kappa shape index (κ1) is 11.6. The number of nitrogens with zero attached hydrogens (tertiary/aromatic N) is 2. The molecular formula is C15H11BrN2S. The number of aryl methyl sites for hydroxylation is 1. The lowest BCUT2D eigenvalue weighted by atomic mass is 10.1. The van der Waals surface area contributed by atoms with Crippen LogP contribution in [0.3, 0.4) is 0 Å². The van der Waals surface area contributed by atoms with Crippen LogP contribution in [0.25, 0.3) is 16.9 Å². The van der Waals surface area contributed by atoms with E-state index in [9.17, 15) is 0 Å². The first-order valence-corrected chi connectivity index (χ1v) is 7.91. The predicted octanol–water partition coefficient (Wildman–Crippen LogP) is 4.68. The zero-order chi connectivity index (χ0) is 13.0. The van der Waals surface area contributed by atoms with Gasteiger partial charge in [0.05, 0.1) is 11.4 Å². The number of hydrogen-bond donors (Lipinski definition) is 0. The van der Waals surface area contributed by atoms with Crippen LogP contribution >= 0.6 is 27.7 Å². The molecule has 1 aliphatic heterocycles. The fourth-order valence-corrected chi connectivity index (χ4v) is 4.21. The molecule has 94 valence electrons. The predicted molar refractivity (Wildman–Crippen MR) is 82.6 cm³/mol. The van der Waals surface area contributed by atoms with E-state index < -0.39 is 0 Å². The van der Waals surface area contributed by atoms with Crippen molar-refractivity contribution in [3.8, 4) is 11.3 Å². The summed E-state index contributed by atoms with van der Waals surface area (Å²) in [7, 11) is 0. The van der Waals surface area contributed by atoms with Gasteiger partial charge in [-0.15, -0.1) is 11.8 Å². The van der Waals surface area contributed by atoms with Gasteiger partial charge in [-0.1, -0.05) is 18.2 Å². The summed E-state index contributed by atoms with van der Waals surface area (Å²) in [6, 6.07) is 10.6. The van der Waals surface area contributed by atoms with Gasteiger partial charge >= 0.3 is 0 Å². The molecule has 1 aromatic carbocycles. The van der Waals surface area contributed by atoms with Crippen molar-refractivity contribution < 1.29 is 0 Å². The van der Waals surface area contributed by atoms with Gasteiger partial charge in [0.1, 0.15) is 5.65 Å². The Morgan fingerprint density at radius 2 is 2.16 bits per heavy atom. The summed E-state index contributed by atoms with van der Waals surface area (Å²) >= 11 is 5.46. The Morgan fingerprint density at radius 1 is 1.32 bits per heavy atom. The number of pyridine rings is 1. The summed E-state index contributed by atoms with van der Waals surface area (Å²) in [6.07, 6.45) is 2.11. The van der Waals surface area contributed by atoms with E-state index in [2.05, 4.69) is 63.8 Å². The average molecular weight is 331 g/mol. The van der Waals surface area contributed by atoms with E-state index in [-0.39, 0.29) is 0 Å². The molecule has 0 aliphatic carbocycles.